The Labute approximate surface area is 131 Å². The summed E-state index contributed by atoms with van der Waals surface area (Å²) >= 11 is 3.75. The van der Waals surface area contributed by atoms with E-state index in [1.807, 2.05) is 0 Å². The fraction of sp³-hybridized carbons (Fsp3) is 0.800. The minimum Gasteiger partial charge on any atom is -0.311 e. The molecule has 0 radical (unpaired) electrons. The highest BCUT2D eigenvalue weighted by atomic mass is 79.9. The molecule has 4 nitrogen and oxygen atoms in total. The van der Waals surface area contributed by atoms with Gasteiger partial charge in [0.15, 0.2) is 0 Å². The molecule has 1 atom stereocenters. The number of nitrogens with zero attached hydrogens (tertiary/aromatic N) is 3. The minimum absolute atomic E-state index is 0.603. The molecule has 1 aliphatic heterocycles. The molecule has 0 saturated carbocycles. The Morgan fingerprint density at radius 2 is 2.15 bits per heavy atom. The van der Waals surface area contributed by atoms with E-state index in [2.05, 4.69) is 58.5 Å². The van der Waals surface area contributed by atoms with Gasteiger partial charge in [-0.2, -0.15) is 5.10 Å². The van der Waals surface area contributed by atoms with Gasteiger partial charge in [-0.15, -0.1) is 0 Å². The smallest absolute Gasteiger partial charge is 0.0767 e. The molecule has 1 aliphatic rings. The van der Waals surface area contributed by atoms with Gasteiger partial charge in [-0.3, -0.25) is 9.58 Å². The maximum atomic E-state index is 4.69. The van der Waals surface area contributed by atoms with Gasteiger partial charge in [0.1, 0.15) is 0 Å². The largest absolute Gasteiger partial charge is 0.311 e. The monoisotopic (exact) mass is 342 g/mol. The molecule has 0 aliphatic carbocycles. The van der Waals surface area contributed by atoms with E-state index in [1.54, 1.807) is 0 Å². The van der Waals surface area contributed by atoms with Crippen LogP contribution in [0.2, 0.25) is 0 Å². The third-order valence-corrected chi connectivity index (χ3v) is 5.08. The number of rotatable bonds is 5. The van der Waals surface area contributed by atoms with Crippen molar-refractivity contribution in [2.24, 2.45) is 5.92 Å². The third-order valence-electron chi connectivity index (χ3n) is 4.16. The van der Waals surface area contributed by atoms with Crippen LogP contribution in [0, 0.1) is 5.92 Å². The number of piperazine rings is 1. The highest BCUT2D eigenvalue weighted by Crippen LogP contribution is 2.24. The summed E-state index contributed by atoms with van der Waals surface area (Å²) in [5.41, 5.74) is 2.51. The van der Waals surface area contributed by atoms with E-state index in [1.165, 1.54) is 15.9 Å². The van der Waals surface area contributed by atoms with Gasteiger partial charge in [0, 0.05) is 38.8 Å². The highest BCUT2D eigenvalue weighted by Gasteiger charge is 2.24. The van der Waals surface area contributed by atoms with E-state index in [0.717, 1.165) is 39.1 Å². The zero-order valence-electron chi connectivity index (χ0n) is 13.1. The Balaban J connectivity index is 2.11. The van der Waals surface area contributed by atoms with Crippen LogP contribution in [0.3, 0.4) is 0 Å². The fourth-order valence-electron chi connectivity index (χ4n) is 2.81. The predicted molar refractivity (Wildman–Crippen MR) is 86.9 cm³/mol. The maximum Gasteiger partial charge on any atom is 0.0767 e. The molecule has 20 heavy (non-hydrogen) atoms. The average molecular weight is 343 g/mol. The minimum atomic E-state index is 0.603. The second-order valence-electron chi connectivity index (χ2n) is 5.92. The zero-order valence-corrected chi connectivity index (χ0v) is 14.7. The number of hydrogen-bond acceptors (Lipinski definition) is 3. The lowest BCUT2D eigenvalue weighted by Crippen LogP contribution is -2.52. The summed E-state index contributed by atoms with van der Waals surface area (Å²) in [5.74, 6) is 0.684. The van der Waals surface area contributed by atoms with Crippen LogP contribution < -0.4 is 5.32 Å². The molecule has 0 amide bonds. The van der Waals surface area contributed by atoms with Gasteiger partial charge >= 0.3 is 0 Å². The molecule has 2 rings (SSSR count). The molecule has 114 valence electrons. The van der Waals surface area contributed by atoms with Crippen LogP contribution in [-0.2, 0) is 19.5 Å². The Morgan fingerprint density at radius 3 is 2.75 bits per heavy atom. The Bertz CT molecular complexity index is 441. The van der Waals surface area contributed by atoms with Crippen molar-refractivity contribution >= 4 is 15.9 Å². The Kier molecular flexibility index (Phi) is 5.64. The molecule has 2 heterocycles. The van der Waals surface area contributed by atoms with Crippen LogP contribution in [0.25, 0.3) is 0 Å². The molecule has 0 bridgehead atoms. The second kappa shape index (κ2) is 7.05. The molecule has 1 unspecified atom stereocenters. The van der Waals surface area contributed by atoms with Crippen molar-refractivity contribution in [1.29, 1.82) is 0 Å². The van der Waals surface area contributed by atoms with E-state index in [9.17, 15) is 0 Å². The molecular weight excluding hydrogens is 316 g/mol. The second-order valence-corrected chi connectivity index (χ2v) is 6.71. The van der Waals surface area contributed by atoms with Crippen LogP contribution in [0.1, 0.15) is 39.1 Å². The molecule has 5 heteroatoms. The van der Waals surface area contributed by atoms with E-state index in [-0.39, 0.29) is 0 Å². The summed E-state index contributed by atoms with van der Waals surface area (Å²) < 4.78 is 3.36. The van der Waals surface area contributed by atoms with Crippen LogP contribution in [0.15, 0.2) is 4.47 Å². The quantitative estimate of drug-likeness (QED) is 0.892. The van der Waals surface area contributed by atoms with Crippen LogP contribution in [0.5, 0.6) is 0 Å². The van der Waals surface area contributed by atoms with Gasteiger partial charge in [0.05, 0.1) is 15.9 Å². The van der Waals surface area contributed by atoms with Crippen LogP contribution in [0.4, 0.5) is 0 Å². The molecule has 0 aromatic carbocycles. The van der Waals surface area contributed by atoms with Crippen LogP contribution in [-0.4, -0.2) is 40.4 Å². The van der Waals surface area contributed by atoms with E-state index in [0.29, 0.717) is 12.0 Å². The van der Waals surface area contributed by atoms with E-state index in [4.69, 9.17) is 5.10 Å². The van der Waals surface area contributed by atoms with E-state index < -0.39 is 0 Å². The molecule has 1 N–H and O–H groups in total. The van der Waals surface area contributed by atoms with Crippen molar-refractivity contribution in [3.8, 4) is 0 Å². The maximum absolute atomic E-state index is 4.69. The van der Waals surface area contributed by atoms with Crippen LogP contribution >= 0.6 is 15.9 Å². The summed E-state index contributed by atoms with van der Waals surface area (Å²) in [4.78, 5) is 2.55. The topological polar surface area (TPSA) is 33.1 Å². The fourth-order valence-corrected chi connectivity index (χ4v) is 3.50. The molecule has 1 saturated heterocycles. The van der Waals surface area contributed by atoms with Crippen molar-refractivity contribution in [1.82, 2.24) is 20.0 Å². The SMILES string of the molecule is CCc1nn(CC)c(CN2CCNC(C(C)C)C2)c1Br. The standard InChI is InChI=1S/C15H27BrN4/c1-5-12-15(16)14(20(6-2)18-12)10-19-8-7-17-13(9-19)11(3)4/h11,13,17H,5-10H2,1-4H3. The highest BCUT2D eigenvalue weighted by molar-refractivity contribution is 9.10. The predicted octanol–water partition coefficient (Wildman–Crippen LogP) is 2.66. The average Bonchev–Trinajstić information content (AvgIpc) is 2.75. The van der Waals surface area contributed by atoms with Crippen molar-refractivity contribution in [3.63, 3.8) is 0 Å². The lowest BCUT2D eigenvalue weighted by atomic mass is 10.0. The van der Waals surface area contributed by atoms with Gasteiger partial charge in [-0.05, 0) is 35.2 Å². The van der Waals surface area contributed by atoms with Gasteiger partial charge in [-0.25, -0.2) is 0 Å². The first-order valence-corrected chi connectivity index (χ1v) is 8.55. The molecule has 1 aromatic heterocycles. The Morgan fingerprint density at radius 1 is 1.40 bits per heavy atom. The van der Waals surface area contributed by atoms with Gasteiger partial charge in [0.2, 0.25) is 0 Å². The van der Waals surface area contributed by atoms with Crippen molar-refractivity contribution in [3.05, 3.63) is 15.9 Å². The summed E-state index contributed by atoms with van der Waals surface area (Å²) in [6.45, 7) is 14.2. The van der Waals surface area contributed by atoms with Gasteiger partial charge in [-0.1, -0.05) is 20.8 Å². The number of nitrogens with one attached hydrogen (secondary N) is 1. The molecule has 1 aromatic rings. The molecular formula is C15H27BrN4. The Hall–Kier alpha value is -0.390. The first-order chi connectivity index (χ1) is 9.56. The molecule has 0 spiro atoms. The number of aryl methyl sites for hydroxylation is 2. The van der Waals surface area contributed by atoms with Crippen molar-refractivity contribution in [2.75, 3.05) is 19.6 Å². The summed E-state index contributed by atoms with van der Waals surface area (Å²) in [7, 11) is 0. The summed E-state index contributed by atoms with van der Waals surface area (Å²) in [5, 5.41) is 8.31. The lowest BCUT2D eigenvalue weighted by Gasteiger charge is -2.35. The first kappa shape index (κ1) is 16.0. The normalized spacial score (nSPS) is 20.8. The zero-order chi connectivity index (χ0) is 14.7. The number of aromatic nitrogens is 2. The van der Waals surface area contributed by atoms with Gasteiger partial charge < -0.3 is 5.32 Å². The molecule has 1 fully saturated rings. The lowest BCUT2D eigenvalue weighted by molar-refractivity contribution is 0.164. The summed E-state index contributed by atoms with van der Waals surface area (Å²) in [6.07, 6.45) is 0.983. The van der Waals surface area contributed by atoms with Crippen molar-refractivity contribution < 1.29 is 0 Å². The van der Waals surface area contributed by atoms with Gasteiger partial charge in [0.25, 0.3) is 0 Å². The summed E-state index contributed by atoms with van der Waals surface area (Å²) in [6, 6.07) is 0.603. The van der Waals surface area contributed by atoms with Crippen molar-refractivity contribution in [2.45, 2.75) is 53.2 Å². The first-order valence-electron chi connectivity index (χ1n) is 7.76. The third kappa shape index (κ3) is 3.43. The number of halogens is 1. The number of hydrogen-bond donors (Lipinski definition) is 1. The van der Waals surface area contributed by atoms with E-state index >= 15 is 0 Å².